The number of halogens is 1. The van der Waals surface area contributed by atoms with Crippen LogP contribution in [0.1, 0.15) is 24.8 Å². The molecule has 0 spiro atoms. The average molecular weight is 319 g/mol. The smallest absolute Gasteiger partial charge is 0.237 e. The largest absolute Gasteiger partial charge is 0.355 e. The first-order valence-corrected chi connectivity index (χ1v) is 7.91. The molecule has 5 nitrogen and oxygen atoms in total. The Balaban J connectivity index is 1.62. The van der Waals surface area contributed by atoms with Crippen LogP contribution in [0.2, 0.25) is 5.02 Å². The Labute approximate surface area is 134 Å². The van der Waals surface area contributed by atoms with Crippen LogP contribution in [0, 0.1) is 0 Å². The van der Waals surface area contributed by atoms with E-state index in [0.717, 1.165) is 37.1 Å². The summed E-state index contributed by atoms with van der Waals surface area (Å²) in [6.07, 6.45) is 6.79. The fourth-order valence-electron chi connectivity index (χ4n) is 2.56. The summed E-state index contributed by atoms with van der Waals surface area (Å²) in [5.74, 6) is 0.0996. The average Bonchev–Trinajstić information content (AvgIpc) is 2.90. The molecule has 6 heteroatoms. The van der Waals surface area contributed by atoms with E-state index in [-0.39, 0.29) is 11.9 Å². The molecule has 2 aromatic rings. The Bertz CT molecular complexity index is 638. The minimum absolute atomic E-state index is 0.0996. The van der Waals surface area contributed by atoms with Gasteiger partial charge in [-0.3, -0.25) is 4.79 Å². The van der Waals surface area contributed by atoms with Gasteiger partial charge in [0, 0.05) is 29.9 Å². The maximum atomic E-state index is 11.9. The molecule has 116 valence electrons. The summed E-state index contributed by atoms with van der Waals surface area (Å²) in [4.78, 5) is 11.9. The maximum absolute atomic E-state index is 11.9. The molecule has 0 saturated carbocycles. The summed E-state index contributed by atoms with van der Waals surface area (Å²) in [6, 6.07) is 7.41. The number of nitrogens with one attached hydrogen (secondary N) is 2. The fourth-order valence-corrected chi connectivity index (χ4v) is 2.69. The summed E-state index contributed by atoms with van der Waals surface area (Å²) >= 11 is 5.89. The number of carbonyl (C=O) groups excluding carboxylic acids is 1. The Morgan fingerprint density at radius 1 is 1.32 bits per heavy atom. The minimum Gasteiger partial charge on any atom is -0.355 e. The van der Waals surface area contributed by atoms with E-state index in [1.807, 2.05) is 36.7 Å². The highest BCUT2D eigenvalue weighted by atomic mass is 35.5. The number of carbonyl (C=O) groups is 1. The molecule has 1 fully saturated rings. The molecule has 2 N–H and O–H groups in total. The number of nitrogens with zero attached hydrogens (tertiary/aromatic N) is 2. The van der Waals surface area contributed by atoms with Crippen molar-refractivity contribution in [3.63, 3.8) is 0 Å². The second-order valence-electron chi connectivity index (χ2n) is 5.49. The van der Waals surface area contributed by atoms with Crippen molar-refractivity contribution in [3.8, 4) is 5.69 Å². The van der Waals surface area contributed by atoms with E-state index in [1.165, 1.54) is 0 Å². The fraction of sp³-hybridized carbons (Fsp3) is 0.375. The highest BCUT2D eigenvalue weighted by Gasteiger charge is 2.19. The lowest BCUT2D eigenvalue weighted by Crippen LogP contribution is -2.42. The Morgan fingerprint density at radius 3 is 2.95 bits per heavy atom. The molecule has 3 rings (SSSR count). The predicted octanol–water partition coefficient (Wildman–Crippen LogP) is 2.28. The predicted molar refractivity (Wildman–Crippen MR) is 86.1 cm³/mol. The molecule has 1 aromatic heterocycles. The van der Waals surface area contributed by atoms with E-state index in [9.17, 15) is 4.79 Å². The van der Waals surface area contributed by atoms with Crippen molar-refractivity contribution in [1.82, 2.24) is 20.4 Å². The normalized spacial score (nSPS) is 18.8. The second-order valence-corrected chi connectivity index (χ2v) is 5.93. The van der Waals surface area contributed by atoms with Crippen LogP contribution in [0.15, 0.2) is 36.7 Å². The van der Waals surface area contributed by atoms with Gasteiger partial charge in [0.05, 0.1) is 17.9 Å². The molecule has 0 radical (unpaired) electrons. The van der Waals surface area contributed by atoms with Crippen LogP contribution in [-0.2, 0) is 11.3 Å². The van der Waals surface area contributed by atoms with Crippen LogP contribution < -0.4 is 10.6 Å². The lowest BCUT2D eigenvalue weighted by molar-refractivity contribution is -0.122. The highest BCUT2D eigenvalue weighted by Crippen LogP contribution is 2.13. The summed E-state index contributed by atoms with van der Waals surface area (Å²) in [6.45, 7) is 1.41. The van der Waals surface area contributed by atoms with Crippen LogP contribution >= 0.6 is 11.6 Å². The van der Waals surface area contributed by atoms with Gasteiger partial charge >= 0.3 is 0 Å². The van der Waals surface area contributed by atoms with Gasteiger partial charge in [0.1, 0.15) is 0 Å². The topological polar surface area (TPSA) is 59.0 Å². The molecule has 1 aliphatic heterocycles. The van der Waals surface area contributed by atoms with Crippen LogP contribution in [0.4, 0.5) is 0 Å². The van der Waals surface area contributed by atoms with E-state index in [4.69, 9.17) is 11.6 Å². The molecule has 1 unspecified atom stereocenters. The van der Waals surface area contributed by atoms with Crippen molar-refractivity contribution in [1.29, 1.82) is 0 Å². The van der Waals surface area contributed by atoms with Gasteiger partial charge in [-0.2, -0.15) is 5.10 Å². The monoisotopic (exact) mass is 318 g/mol. The summed E-state index contributed by atoms with van der Waals surface area (Å²) in [5, 5.41) is 11.3. The third-order valence-electron chi connectivity index (χ3n) is 3.82. The quantitative estimate of drug-likeness (QED) is 0.909. The molecule has 1 amide bonds. The lowest BCUT2D eigenvalue weighted by atomic mass is 10.1. The molecule has 2 heterocycles. The van der Waals surface area contributed by atoms with E-state index in [2.05, 4.69) is 15.7 Å². The van der Waals surface area contributed by atoms with Gasteiger partial charge in [-0.1, -0.05) is 11.6 Å². The molecular formula is C16H19ClN4O. The van der Waals surface area contributed by atoms with Gasteiger partial charge in [-0.25, -0.2) is 4.68 Å². The first-order chi connectivity index (χ1) is 10.7. The standard InChI is InChI=1S/C16H19ClN4O/c17-13-4-6-14(7-5-13)21-11-12(10-20-21)9-19-15-3-1-2-8-18-16(15)22/h4-7,10-11,15,19H,1-3,8-9H2,(H,18,22). The number of amides is 1. The van der Waals surface area contributed by atoms with E-state index >= 15 is 0 Å². The molecule has 1 aliphatic rings. The molecule has 1 aromatic carbocycles. The number of rotatable bonds is 4. The minimum atomic E-state index is -0.110. The number of benzene rings is 1. The first kappa shape index (κ1) is 15.1. The Morgan fingerprint density at radius 2 is 2.14 bits per heavy atom. The van der Waals surface area contributed by atoms with E-state index < -0.39 is 0 Å². The van der Waals surface area contributed by atoms with E-state index in [0.29, 0.717) is 11.6 Å². The van der Waals surface area contributed by atoms with Crippen LogP contribution in [0.3, 0.4) is 0 Å². The zero-order chi connectivity index (χ0) is 15.4. The van der Waals surface area contributed by atoms with Crippen molar-refractivity contribution in [2.75, 3.05) is 6.54 Å². The Hall–Kier alpha value is -1.85. The molecule has 22 heavy (non-hydrogen) atoms. The van der Waals surface area contributed by atoms with Gasteiger partial charge in [0.25, 0.3) is 0 Å². The summed E-state index contributed by atoms with van der Waals surface area (Å²) < 4.78 is 1.81. The molecule has 0 bridgehead atoms. The van der Waals surface area contributed by atoms with Gasteiger partial charge in [-0.05, 0) is 43.5 Å². The number of hydrogen-bond donors (Lipinski definition) is 2. The molecule has 1 atom stereocenters. The SMILES string of the molecule is O=C1NCCCCC1NCc1cnn(-c2ccc(Cl)cc2)c1. The number of hydrogen-bond acceptors (Lipinski definition) is 3. The van der Waals surface area contributed by atoms with Crippen molar-refractivity contribution in [3.05, 3.63) is 47.2 Å². The molecular weight excluding hydrogens is 300 g/mol. The highest BCUT2D eigenvalue weighted by molar-refractivity contribution is 6.30. The van der Waals surface area contributed by atoms with Gasteiger partial charge < -0.3 is 10.6 Å². The lowest BCUT2D eigenvalue weighted by Gasteiger charge is -2.14. The van der Waals surface area contributed by atoms with Gasteiger partial charge in [0.2, 0.25) is 5.91 Å². The molecule has 0 aliphatic carbocycles. The van der Waals surface area contributed by atoms with Crippen molar-refractivity contribution < 1.29 is 4.79 Å². The van der Waals surface area contributed by atoms with E-state index in [1.54, 1.807) is 4.68 Å². The van der Waals surface area contributed by atoms with Crippen molar-refractivity contribution in [2.24, 2.45) is 0 Å². The van der Waals surface area contributed by atoms with Crippen LogP contribution in [0.5, 0.6) is 0 Å². The van der Waals surface area contributed by atoms with Crippen molar-refractivity contribution in [2.45, 2.75) is 31.8 Å². The summed E-state index contributed by atoms with van der Waals surface area (Å²) in [7, 11) is 0. The van der Waals surface area contributed by atoms with Crippen molar-refractivity contribution >= 4 is 17.5 Å². The van der Waals surface area contributed by atoms with Gasteiger partial charge in [0.15, 0.2) is 0 Å². The molecule has 1 saturated heterocycles. The second kappa shape index (κ2) is 6.94. The zero-order valence-corrected chi connectivity index (χ0v) is 13.0. The Kier molecular flexibility index (Phi) is 4.75. The third kappa shape index (κ3) is 3.67. The van der Waals surface area contributed by atoms with Gasteiger partial charge in [-0.15, -0.1) is 0 Å². The zero-order valence-electron chi connectivity index (χ0n) is 12.3. The van der Waals surface area contributed by atoms with Crippen LogP contribution in [0.25, 0.3) is 5.69 Å². The maximum Gasteiger partial charge on any atom is 0.237 e. The van der Waals surface area contributed by atoms with Crippen LogP contribution in [-0.4, -0.2) is 28.3 Å². The first-order valence-electron chi connectivity index (χ1n) is 7.53. The third-order valence-corrected chi connectivity index (χ3v) is 4.07. The number of aromatic nitrogens is 2. The summed E-state index contributed by atoms with van der Waals surface area (Å²) in [5.41, 5.74) is 2.01.